The Morgan fingerprint density at radius 3 is 3.00 bits per heavy atom. The molecular formula is C21H23ClN4O3S. The fourth-order valence-corrected chi connectivity index (χ4v) is 4.32. The highest BCUT2D eigenvalue weighted by Crippen LogP contribution is 2.30. The van der Waals surface area contributed by atoms with Crippen molar-refractivity contribution in [2.24, 2.45) is 4.99 Å². The summed E-state index contributed by atoms with van der Waals surface area (Å²) in [7, 11) is 2.04. The summed E-state index contributed by atoms with van der Waals surface area (Å²) >= 11 is 7.14. The number of ether oxygens (including phenoxy) is 1. The van der Waals surface area contributed by atoms with Crippen molar-refractivity contribution in [1.82, 2.24) is 15.7 Å². The van der Waals surface area contributed by atoms with Crippen LogP contribution in [-0.2, 0) is 4.84 Å². The number of hydroxylamine groups is 1. The molecule has 0 bridgehead atoms. The Hall–Kier alpha value is -2.55. The molecular weight excluding hydrogens is 424 g/mol. The van der Waals surface area contributed by atoms with Gasteiger partial charge < -0.3 is 15.0 Å². The quantitative estimate of drug-likeness (QED) is 0.683. The minimum absolute atomic E-state index is 0.168. The van der Waals surface area contributed by atoms with E-state index in [1.807, 2.05) is 38.2 Å². The van der Waals surface area contributed by atoms with Gasteiger partial charge in [-0.2, -0.15) is 0 Å². The van der Waals surface area contributed by atoms with E-state index in [1.54, 1.807) is 12.1 Å². The lowest BCUT2D eigenvalue weighted by atomic mass is 10.1. The molecule has 0 saturated carbocycles. The van der Waals surface area contributed by atoms with E-state index in [0.29, 0.717) is 22.4 Å². The van der Waals surface area contributed by atoms with E-state index in [4.69, 9.17) is 21.2 Å². The van der Waals surface area contributed by atoms with Crippen molar-refractivity contribution in [3.63, 3.8) is 0 Å². The minimum atomic E-state index is -0.293. The first-order valence-electron chi connectivity index (χ1n) is 9.75. The number of nitrogens with one attached hydrogen (secondary N) is 2. The number of hydrogen-bond donors (Lipinski definition) is 2. The smallest absolute Gasteiger partial charge is 0.261 e. The molecule has 0 radical (unpaired) electrons. The number of amidine groups is 1. The summed E-state index contributed by atoms with van der Waals surface area (Å²) in [6, 6.07) is 9.47. The van der Waals surface area contributed by atoms with Gasteiger partial charge in [0.1, 0.15) is 17.7 Å². The van der Waals surface area contributed by atoms with Gasteiger partial charge in [0.25, 0.3) is 5.91 Å². The lowest BCUT2D eigenvalue weighted by Crippen LogP contribution is -2.31. The molecule has 1 aromatic heterocycles. The first-order chi connectivity index (χ1) is 14.5. The molecule has 9 heteroatoms. The Labute approximate surface area is 184 Å². The van der Waals surface area contributed by atoms with E-state index in [1.165, 1.54) is 11.3 Å². The molecule has 0 saturated heterocycles. The topological polar surface area (TPSA) is 75.2 Å². The minimum Gasteiger partial charge on any atom is -0.493 e. The SMILES string of the molecule is CCOc1cc(C2=NCCN2C)ccc1C1=CC(CNC(=O)c2ccc(Cl)s2)ON1. The second-order valence-corrected chi connectivity index (χ2v) is 8.64. The summed E-state index contributed by atoms with van der Waals surface area (Å²) in [5, 5.41) is 2.87. The van der Waals surface area contributed by atoms with Crippen LogP contribution in [0.2, 0.25) is 4.34 Å². The predicted octanol–water partition coefficient (Wildman–Crippen LogP) is 3.17. The van der Waals surface area contributed by atoms with E-state index in [0.717, 1.165) is 41.5 Å². The maximum absolute atomic E-state index is 12.2. The summed E-state index contributed by atoms with van der Waals surface area (Å²) in [5.41, 5.74) is 5.70. The molecule has 2 aliphatic rings. The van der Waals surface area contributed by atoms with Crippen LogP contribution in [0.25, 0.3) is 5.70 Å². The number of benzene rings is 1. The molecule has 0 aliphatic carbocycles. The van der Waals surface area contributed by atoms with Gasteiger partial charge in [0, 0.05) is 24.7 Å². The standard InChI is InChI=1S/C21H23ClN4O3S/c1-3-28-17-10-13(20-23-8-9-26(20)2)4-5-15(17)16-11-14(29-25-16)12-24-21(27)18-6-7-19(22)30-18/h4-7,10-11,14,25H,3,8-9,12H2,1-2H3,(H,24,27). The fraction of sp³-hybridized carbons (Fsp3) is 0.333. The number of halogens is 1. The van der Waals surface area contributed by atoms with Gasteiger partial charge >= 0.3 is 0 Å². The summed E-state index contributed by atoms with van der Waals surface area (Å²) < 4.78 is 6.47. The number of amides is 1. The number of carbonyl (C=O) groups excluding carboxylic acids is 1. The van der Waals surface area contributed by atoms with Crippen molar-refractivity contribution >= 4 is 40.4 Å². The zero-order valence-electron chi connectivity index (χ0n) is 16.8. The third-order valence-corrected chi connectivity index (χ3v) is 6.05. The highest BCUT2D eigenvalue weighted by atomic mass is 35.5. The normalized spacial score (nSPS) is 18.1. The number of carbonyl (C=O) groups is 1. The molecule has 0 fully saturated rings. The average Bonchev–Trinajstić information content (AvgIpc) is 3.47. The van der Waals surface area contributed by atoms with Crippen LogP contribution in [0.5, 0.6) is 5.75 Å². The van der Waals surface area contributed by atoms with E-state index >= 15 is 0 Å². The average molecular weight is 447 g/mol. The molecule has 2 N–H and O–H groups in total. The van der Waals surface area contributed by atoms with Gasteiger partial charge in [0.2, 0.25) is 0 Å². The van der Waals surface area contributed by atoms with Crippen LogP contribution in [0, 0.1) is 0 Å². The van der Waals surface area contributed by atoms with Crippen molar-refractivity contribution in [2.45, 2.75) is 13.0 Å². The molecule has 2 aromatic rings. The van der Waals surface area contributed by atoms with Gasteiger partial charge in [-0.3, -0.25) is 20.1 Å². The van der Waals surface area contributed by atoms with Gasteiger partial charge in [0.15, 0.2) is 0 Å². The van der Waals surface area contributed by atoms with Crippen molar-refractivity contribution in [2.75, 3.05) is 33.3 Å². The van der Waals surface area contributed by atoms with Gasteiger partial charge in [-0.1, -0.05) is 17.7 Å². The van der Waals surface area contributed by atoms with Crippen molar-refractivity contribution in [1.29, 1.82) is 0 Å². The molecule has 158 valence electrons. The number of thiophene rings is 1. The number of likely N-dealkylation sites (N-methyl/N-ethyl adjacent to an activating group) is 1. The van der Waals surface area contributed by atoms with Crippen LogP contribution in [0.4, 0.5) is 0 Å². The molecule has 2 aliphatic heterocycles. The molecule has 1 amide bonds. The van der Waals surface area contributed by atoms with Gasteiger partial charge in [0.05, 0.1) is 34.6 Å². The lowest BCUT2D eigenvalue weighted by Gasteiger charge is -2.17. The monoisotopic (exact) mass is 446 g/mol. The summed E-state index contributed by atoms with van der Waals surface area (Å²) in [4.78, 5) is 25.1. The fourth-order valence-electron chi connectivity index (χ4n) is 3.36. The van der Waals surface area contributed by atoms with Crippen molar-refractivity contribution in [3.8, 4) is 5.75 Å². The molecule has 1 atom stereocenters. The molecule has 0 spiro atoms. The van der Waals surface area contributed by atoms with Crippen LogP contribution in [0.1, 0.15) is 27.7 Å². The Balaban J connectivity index is 1.47. The van der Waals surface area contributed by atoms with Crippen LogP contribution >= 0.6 is 22.9 Å². The van der Waals surface area contributed by atoms with Crippen molar-refractivity contribution < 1.29 is 14.4 Å². The highest BCUT2D eigenvalue weighted by Gasteiger charge is 2.23. The molecule has 4 rings (SSSR count). The maximum Gasteiger partial charge on any atom is 0.261 e. The van der Waals surface area contributed by atoms with E-state index in [9.17, 15) is 4.79 Å². The summed E-state index contributed by atoms with van der Waals surface area (Å²) in [6.07, 6.45) is 1.65. The summed E-state index contributed by atoms with van der Waals surface area (Å²) in [5.74, 6) is 1.57. The number of nitrogens with zero attached hydrogens (tertiary/aromatic N) is 2. The second kappa shape index (κ2) is 9.07. The third kappa shape index (κ3) is 4.45. The van der Waals surface area contributed by atoms with Crippen molar-refractivity contribution in [3.05, 3.63) is 56.7 Å². The van der Waals surface area contributed by atoms with Gasteiger partial charge in [-0.15, -0.1) is 11.3 Å². The molecule has 1 aromatic carbocycles. The lowest BCUT2D eigenvalue weighted by molar-refractivity contribution is 0.0498. The van der Waals surface area contributed by atoms with E-state index < -0.39 is 0 Å². The second-order valence-electron chi connectivity index (χ2n) is 6.92. The highest BCUT2D eigenvalue weighted by molar-refractivity contribution is 7.18. The zero-order chi connectivity index (χ0) is 21.1. The van der Waals surface area contributed by atoms with Crippen LogP contribution in [0.3, 0.4) is 0 Å². The largest absolute Gasteiger partial charge is 0.493 e. The Kier molecular flexibility index (Phi) is 6.26. The summed E-state index contributed by atoms with van der Waals surface area (Å²) in [6.45, 7) is 4.58. The molecule has 30 heavy (non-hydrogen) atoms. The molecule has 3 heterocycles. The molecule has 7 nitrogen and oxygen atoms in total. The maximum atomic E-state index is 12.2. The zero-order valence-corrected chi connectivity index (χ0v) is 18.3. The number of aliphatic imine (C=N–C) groups is 1. The van der Waals surface area contributed by atoms with Gasteiger partial charge in [-0.25, -0.2) is 0 Å². The van der Waals surface area contributed by atoms with E-state index in [2.05, 4.69) is 20.7 Å². The van der Waals surface area contributed by atoms with Crippen LogP contribution < -0.4 is 15.5 Å². The van der Waals surface area contributed by atoms with Crippen LogP contribution in [0.15, 0.2) is 41.4 Å². The third-order valence-electron chi connectivity index (χ3n) is 4.82. The predicted molar refractivity (Wildman–Crippen MR) is 119 cm³/mol. The van der Waals surface area contributed by atoms with Gasteiger partial charge in [-0.05, 0) is 37.3 Å². The molecule has 1 unspecified atom stereocenters. The Bertz CT molecular complexity index is 1000. The Morgan fingerprint density at radius 2 is 2.30 bits per heavy atom. The van der Waals surface area contributed by atoms with E-state index in [-0.39, 0.29) is 12.0 Å². The number of hydrogen-bond acceptors (Lipinski definition) is 7. The number of rotatable bonds is 7. The van der Waals surface area contributed by atoms with Crippen LogP contribution in [-0.4, -0.2) is 56.0 Å². The Morgan fingerprint density at radius 1 is 1.43 bits per heavy atom. The first-order valence-corrected chi connectivity index (χ1v) is 10.9. The first kappa shape index (κ1) is 20.7.